The molecule has 1 aliphatic rings. The molecule has 2 rings (SSSR count). The number of rotatable bonds is 7. The van der Waals surface area contributed by atoms with Gasteiger partial charge < -0.3 is 15.0 Å². The molecular weight excluding hydrogens is 399 g/mol. The summed E-state index contributed by atoms with van der Waals surface area (Å²) < 4.78 is 42.7. The minimum atomic E-state index is -4.49. The quantitative estimate of drug-likeness (QED) is 0.539. The van der Waals surface area contributed by atoms with Crippen molar-refractivity contribution in [2.75, 3.05) is 31.6 Å². The number of piperidine rings is 1. The molecule has 1 aromatic rings. The molecule has 0 aromatic carbocycles. The summed E-state index contributed by atoms with van der Waals surface area (Å²) in [6, 6.07) is 0.872. The van der Waals surface area contributed by atoms with Gasteiger partial charge >= 0.3 is 12.1 Å². The van der Waals surface area contributed by atoms with Crippen LogP contribution in [-0.4, -0.2) is 43.6 Å². The molecule has 0 spiro atoms. The molecular formula is C18H23ClF3N3O3. The van der Waals surface area contributed by atoms with Crippen LogP contribution in [0.1, 0.15) is 37.7 Å². The van der Waals surface area contributed by atoms with Crippen LogP contribution in [0.2, 0.25) is 5.02 Å². The van der Waals surface area contributed by atoms with E-state index in [1.54, 1.807) is 4.90 Å². The number of carbonyl (C=O) groups excluding carboxylic acids is 2. The normalized spacial score (nSPS) is 15.4. The van der Waals surface area contributed by atoms with Crippen LogP contribution in [0, 0.1) is 5.92 Å². The highest BCUT2D eigenvalue weighted by Gasteiger charge is 2.33. The van der Waals surface area contributed by atoms with E-state index in [1.165, 1.54) is 7.11 Å². The van der Waals surface area contributed by atoms with Crippen molar-refractivity contribution in [1.82, 2.24) is 10.3 Å². The first-order valence-electron chi connectivity index (χ1n) is 9.04. The summed E-state index contributed by atoms with van der Waals surface area (Å²) in [6.07, 6.45) is -0.939. The number of alkyl halides is 3. The average Bonchev–Trinajstić information content (AvgIpc) is 2.66. The monoisotopic (exact) mass is 421 g/mol. The molecule has 1 N–H and O–H groups in total. The van der Waals surface area contributed by atoms with Crippen molar-refractivity contribution in [2.45, 2.75) is 38.3 Å². The van der Waals surface area contributed by atoms with Gasteiger partial charge in [-0.3, -0.25) is 9.59 Å². The van der Waals surface area contributed by atoms with Crippen molar-refractivity contribution in [3.05, 3.63) is 22.8 Å². The highest BCUT2D eigenvalue weighted by Crippen LogP contribution is 2.34. The molecule has 1 amide bonds. The van der Waals surface area contributed by atoms with E-state index in [2.05, 4.69) is 15.0 Å². The lowest BCUT2D eigenvalue weighted by molar-refractivity contribution is -0.140. The molecule has 0 aliphatic carbocycles. The van der Waals surface area contributed by atoms with Gasteiger partial charge in [0.25, 0.3) is 0 Å². The fraction of sp³-hybridized carbons (Fsp3) is 0.611. The molecule has 1 saturated heterocycles. The van der Waals surface area contributed by atoms with Gasteiger partial charge in [-0.15, -0.1) is 0 Å². The number of esters is 1. The summed E-state index contributed by atoms with van der Waals surface area (Å²) in [5.41, 5.74) is -0.886. The molecule has 1 aliphatic heterocycles. The van der Waals surface area contributed by atoms with Gasteiger partial charge in [-0.25, -0.2) is 4.98 Å². The Morgan fingerprint density at radius 2 is 2.00 bits per heavy atom. The van der Waals surface area contributed by atoms with E-state index >= 15 is 0 Å². The lowest BCUT2D eigenvalue weighted by atomic mass is 9.96. The van der Waals surface area contributed by atoms with Crippen molar-refractivity contribution >= 4 is 29.3 Å². The fourth-order valence-electron chi connectivity index (χ4n) is 3.02. The van der Waals surface area contributed by atoms with Crippen LogP contribution in [0.4, 0.5) is 19.0 Å². The lowest BCUT2D eigenvalue weighted by Gasteiger charge is -2.32. The number of ether oxygens (including phenoxy) is 1. The van der Waals surface area contributed by atoms with Crippen molar-refractivity contribution in [2.24, 2.45) is 5.92 Å². The smallest absolute Gasteiger partial charge is 0.417 e. The number of nitrogens with zero attached hydrogens (tertiary/aromatic N) is 2. The first kappa shape index (κ1) is 22.3. The molecule has 1 fully saturated rings. The number of hydrogen-bond donors (Lipinski definition) is 1. The topological polar surface area (TPSA) is 71.5 Å². The minimum Gasteiger partial charge on any atom is -0.469 e. The number of unbranched alkanes of at least 4 members (excludes halogenated alkanes) is 1. The second kappa shape index (κ2) is 9.95. The number of amides is 1. The van der Waals surface area contributed by atoms with Crippen LogP contribution in [0.3, 0.4) is 0 Å². The lowest BCUT2D eigenvalue weighted by Crippen LogP contribution is -2.41. The molecule has 2 heterocycles. The van der Waals surface area contributed by atoms with E-state index < -0.39 is 11.7 Å². The van der Waals surface area contributed by atoms with E-state index in [0.717, 1.165) is 12.3 Å². The second-order valence-electron chi connectivity index (χ2n) is 6.61. The zero-order valence-electron chi connectivity index (χ0n) is 15.5. The predicted molar refractivity (Wildman–Crippen MR) is 98.1 cm³/mol. The number of aromatic nitrogens is 1. The molecule has 0 atom stereocenters. The van der Waals surface area contributed by atoms with E-state index in [1.807, 2.05) is 0 Å². The van der Waals surface area contributed by atoms with Crippen molar-refractivity contribution in [3.63, 3.8) is 0 Å². The minimum absolute atomic E-state index is 0.0517. The van der Waals surface area contributed by atoms with Gasteiger partial charge in [-0.1, -0.05) is 11.6 Å². The van der Waals surface area contributed by atoms with Crippen molar-refractivity contribution in [3.8, 4) is 0 Å². The molecule has 6 nitrogen and oxygen atoms in total. The van der Waals surface area contributed by atoms with Gasteiger partial charge in [-0.05, 0) is 31.7 Å². The first-order chi connectivity index (χ1) is 13.2. The number of hydrogen-bond acceptors (Lipinski definition) is 5. The first-order valence-corrected chi connectivity index (χ1v) is 9.42. The third-order valence-electron chi connectivity index (χ3n) is 4.65. The summed E-state index contributed by atoms with van der Waals surface area (Å²) >= 11 is 5.98. The number of anilines is 1. The van der Waals surface area contributed by atoms with Gasteiger partial charge in [0, 0.05) is 38.2 Å². The van der Waals surface area contributed by atoms with Gasteiger partial charge in [0.05, 0.1) is 17.7 Å². The Hall–Kier alpha value is -2.03. The summed E-state index contributed by atoms with van der Waals surface area (Å²) in [5, 5.41) is 2.81. The van der Waals surface area contributed by atoms with Gasteiger partial charge in [0.15, 0.2) is 0 Å². The summed E-state index contributed by atoms with van der Waals surface area (Å²) in [5.74, 6) is -0.181. The third kappa shape index (κ3) is 6.25. The van der Waals surface area contributed by atoms with Crippen LogP contribution in [0.15, 0.2) is 12.3 Å². The van der Waals surface area contributed by atoms with Crippen molar-refractivity contribution < 1.29 is 27.5 Å². The molecule has 28 heavy (non-hydrogen) atoms. The maximum Gasteiger partial charge on any atom is 0.417 e. The Labute approximate surface area is 166 Å². The predicted octanol–water partition coefficient (Wildman–Crippen LogP) is 3.43. The fourth-order valence-corrected chi connectivity index (χ4v) is 3.31. The Bertz CT molecular complexity index is 692. The SMILES string of the molecule is COC(=O)CCCCNC(=O)C1CCN(c2ncc(C(F)(F)F)cc2Cl)CC1. The van der Waals surface area contributed by atoms with Gasteiger partial charge in [0.1, 0.15) is 5.82 Å². The maximum atomic E-state index is 12.7. The summed E-state index contributed by atoms with van der Waals surface area (Å²) in [6.45, 7) is 1.46. The Morgan fingerprint density at radius 3 is 2.57 bits per heavy atom. The number of nitrogens with one attached hydrogen (secondary N) is 1. The van der Waals surface area contributed by atoms with Crippen LogP contribution >= 0.6 is 11.6 Å². The Morgan fingerprint density at radius 1 is 1.32 bits per heavy atom. The number of carbonyl (C=O) groups is 2. The van der Waals surface area contributed by atoms with Crippen LogP contribution in [0.25, 0.3) is 0 Å². The molecule has 10 heteroatoms. The summed E-state index contributed by atoms with van der Waals surface area (Å²) in [7, 11) is 1.34. The molecule has 0 radical (unpaired) electrons. The zero-order chi connectivity index (χ0) is 20.7. The Kier molecular flexibility index (Phi) is 7.91. The maximum absolute atomic E-state index is 12.7. The molecule has 0 unspecified atom stereocenters. The van der Waals surface area contributed by atoms with Crippen LogP contribution in [0.5, 0.6) is 0 Å². The Balaban J connectivity index is 1.78. The average molecular weight is 422 g/mol. The summed E-state index contributed by atoms with van der Waals surface area (Å²) in [4.78, 5) is 28.9. The van der Waals surface area contributed by atoms with E-state index in [9.17, 15) is 22.8 Å². The van der Waals surface area contributed by atoms with E-state index in [4.69, 9.17) is 11.6 Å². The molecule has 1 aromatic heterocycles. The van der Waals surface area contributed by atoms with Gasteiger partial charge in [-0.2, -0.15) is 13.2 Å². The van der Waals surface area contributed by atoms with Gasteiger partial charge in [0.2, 0.25) is 5.91 Å². The van der Waals surface area contributed by atoms with Crippen LogP contribution in [-0.2, 0) is 20.5 Å². The molecule has 0 saturated carbocycles. The standard InChI is InChI=1S/C18H23ClF3N3O3/c1-28-15(26)4-2-3-7-23-17(27)12-5-8-25(9-6-12)16-14(19)10-13(11-24-16)18(20,21)22/h10-12H,2-9H2,1H3,(H,23,27). The largest absolute Gasteiger partial charge is 0.469 e. The zero-order valence-corrected chi connectivity index (χ0v) is 16.3. The van der Waals surface area contributed by atoms with E-state index in [0.29, 0.717) is 57.6 Å². The van der Waals surface area contributed by atoms with Crippen LogP contribution < -0.4 is 10.2 Å². The third-order valence-corrected chi connectivity index (χ3v) is 4.93. The van der Waals surface area contributed by atoms with Crippen molar-refractivity contribution in [1.29, 1.82) is 0 Å². The number of methoxy groups -OCH3 is 1. The van der Waals surface area contributed by atoms with E-state index in [-0.39, 0.29) is 22.8 Å². The number of pyridine rings is 1. The second-order valence-corrected chi connectivity index (χ2v) is 7.02. The number of halogens is 4. The highest BCUT2D eigenvalue weighted by molar-refractivity contribution is 6.33. The highest BCUT2D eigenvalue weighted by atomic mass is 35.5. The molecule has 156 valence electrons. The molecule has 0 bridgehead atoms.